The van der Waals surface area contributed by atoms with Gasteiger partial charge in [0.1, 0.15) is 17.2 Å². The number of H-pyrrole nitrogens is 1. The molecule has 27 heavy (non-hydrogen) atoms. The van der Waals surface area contributed by atoms with E-state index < -0.39 is 5.91 Å². The molecule has 0 radical (unpaired) electrons. The van der Waals surface area contributed by atoms with Gasteiger partial charge in [-0.25, -0.2) is 5.43 Å². The SMILES string of the molecule is COc1ccc(-c2cc(C(=O)N/N=C\c3ccc(Cl)cc3)[nH]n2)c(OC)c1. The lowest BCUT2D eigenvalue weighted by Crippen LogP contribution is -2.17. The standard InChI is InChI=1S/C19H17ClN4O3/c1-26-14-7-8-15(18(9-14)27-2)16-10-17(23-22-16)19(25)24-21-11-12-3-5-13(20)6-4-12/h3-11H,1-2H3,(H,22,23)(H,24,25)/b21-11-. The Morgan fingerprint density at radius 3 is 2.63 bits per heavy atom. The summed E-state index contributed by atoms with van der Waals surface area (Å²) in [4.78, 5) is 12.2. The molecule has 0 saturated heterocycles. The zero-order valence-electron chi connectivity index (χ0n) is 14.7. The van der Waals surface area contributed by atoms with Gasteiger partial charge >= 0.3 is 0 Å². The number of hydrogen-bond acceptors (Lipinski definition) is 5. The second kappa shape index (κ2) is 8.37. The largest absolute Gasteiger partial charge is 0.497 e. The van der Waals surface area contributed by atoms with Gasteiger partial charge in [-0.3, -0.25) is 9.89 Å². The molecule has 0 atom stereocenters. The summed E-state index contributed by atoms with van der Waals surface area (Å²) < 4.78 is 10.5. The Morgan fingerprint density at radius 2 is 1.93 bits per heavy atom. The summed E-state index contributed by atoms with van der Waals surface area (Å²) in [5.41, 5.74) is 4.84. The number of nitrogens with one attached hydrogen (secondary N) is 2. The third-order valence-electron chi connectivity index (χ3n) is 3.76. The summed E-state index contributed by atoms with van der Waals surface area (Å²) in [6, 6.07) is 14.1. The summed E-state index contributed by atoms with van der Waals surface area (Å²) in [5.74, 6) is 0.848. The number of benzene rings is 2. The minimum atomic E-state index is -0.411. The Balaban J connectivity index is 1.71. The smallest absolute Gasteiger partial charge is 0.289 e. The van der Waals surface area contributed by atoms with Crippen molar-refractivity contribution in [2.45, 2.75) is 0 Å². The summed E-state index contributed by atoms with van der Waals surface area (Å²) in [5, 5.41) is 11.4. The molecule has 0 bridgehead atoms. The third kappa shape index (κ3) is 4.45. The number of hydrogen-bond donors (Lipinski definition) is 2. The molecule has 1 amide bonds. The van der Waals surface area contributed by atoms with Crippen LogP contribution in [0.4, 0.5) is 0 Å². The number of methoxy groups -OCH3 is 2. The molecule has 1 aromatic heterocycles. The Hall–Kier alpha value is -3.32. The maximum Gasteiger partial charge on any atom is 0.289 e. The molecule has 0 unspecified atom stereocenters. The van der Waals surface area contributed by atoms with Gasteiger partial charge in [0.15, 0.2) is 0 Å². The number of ether oxygens (including phenoxy) is 2. The molecule has 2 N–H and O–H groups in total. The molecular formula is C19H17ClN4O3. The van der Waals surface area contributed by atoms with Crippen LogP contribution >= 0.6 is 11.6 Å². The first-order chi connectivity index (χ1) is 13.1. The van der Waals surface area contributed by atoms with Gasteiger partial charge in [0.25, 0.3) is 5.91 Å². The van der Waals surface area contributed by atoms with Crippen LogP contribution in [0.25, 0.3) is 11.3 Å². The van der Waals surface area contributed by atoms with Gasteiger partial charge in [-0.2, -0.15) is 10.2 Å². The molecule has 0 saturated carbocycles. The molecule has 0 spiro atoms. The van der Waals surface area contributed by atoms with Crippen molar-refractivity contribution < 1.29 is 14.3 Å². The average Bonchev–Trinajstić information content (AvgIpc) is 3.19. The van der Waals surface area contributed by atoms with Crippen molar-refractivity contribution in [1.82, 2.24) is 15.6 Å². The number of carbonyl (C=O) groups excluding carboxylic acids is 1. The lowest BCUT2D eigenvalue weighted by atomic mass is 10.1. The summed E-state index contributed by atoms with van der Waals surface area (Å²) in [6.07, 6.45) is 1.53. The van der Waals surface area contributed by atoms with Crippen LogP contribution in [0.3, 0.4) is 0 Å². The quantitative estimate of drug-likeness (QED) is 0.502. The first-order valence-electron chi connectivity index (χ1n) is 7.97. The van der Waals surface area contributed by atoms with Crippen LogP contribution in [0.1, 0.15) is 16.1 Å². The van der Waals surface area contributed by atoms with Gasteiger partial charge < -0.3 is 9.47 Å². The average molecular weight is 385 g/mol. The zero-order chi connectivity index (χ0) is 19.2. The van der Waals surface area contributed by atoms with Gasteiger partial charge in [-0.1, -0.05) is 23.7 Å². The van der Waals surface area contributed by atoms with Crippen molar-refractivity contribution >= 4 is 23.7 Å². The van der Waals surface area contributed by atoms with Crippen LogP contribution in [-0.4, -0.2) is 36.5 Å². The molecule has 138 valence electrons. The highest BCUT2D eigenvalue weighted by molar-refractivity contribution is 6.30. The molecule has 0 aliphatic rings. The fourth-order valence-corrected chi connectivity index (χ4v) is 2.49. The van der Waals surface area contributed by atoms with Gasteiger partial charge in [0, 0.05) is 16.7 Å². The Labute approximate surface area is 161 Å². The van der Waals surface area contributed by atoms with Crippen molar-refractivity contribution in [1.29, 1.82) is 0 Å². The predicted octanol–water partition coefficient (Wildman–Crippen LogP) is 3.51. The van der Waals surface area contributed by atoms with E-state index >= 15 is 0 Å². The monoisotopic (exact) mass is 384 g/mol. The number of rotatable bonds is 6. The summed E-state index contributed by atoms with van der Waals surface area (Å²) in [7, 11) is 3.14. The van der Waals surface area contributed by atoms with Crippen LogP contribution in [0.2, 0.25) is 5.02 Å². The van der Waals surface area contributed by atoms with Crippen LogP contribution in [-0.2, 0) is 0 Å². The third-order valence-corrected chi connectivity index (χ3v) is 4.01. The maximum atomic E-state index is 12.2. The normalized spacial score (nSPS) is 10.8. The minimum absolute atomic E-state index is 0.274. The summed E-state index contributed by atoms with van der Waals surface area (Å²) in [6.45, 7) is 0. The Bertz CT molecular complexity index is 967. The summed E-state index contributed by atoms with van der Waals surface area (Å²) >= 11 is 5.83. The predicted molar refractivity (Wildman–Crippen MR) is 104 cm³/mol. The fraction of sp³-hybridized carbons (Fsp3) is 0.105. The topological polar surface area (TPSA) is 88.6 Å². The molecule has 3 rings (SSSR count). The molecule has 7 nitrogen and oxygen atoms in total. The molecule has 3 aromatic rings. The lowest BCUT2D eigenvalue weighted by Gasteiger charge is -2.08. The molecule has 2 aromatic carbocycles. The number of carbonyl (C=O) groups is 1. The van der Waals surface area contributed by atoms with E-state index in [0.717, 1.165) is 11.1 Å². The highest BCUT2D eigenvalue weighted by Crippen LogP contribution is 2.32. The molecule has 0 aliphatic carbocycles. The van der Waals surface area contributed by atoms with Crippen molar-refractivity contribution in [3.8, 4) is 22.8 Å². The number of aromatic amines is 1. The highest BCUT2D eigenvalue weighted by atomic mass is 35.5. The van der Waals surface area contributed by atoms with E-state index in [1.165, 1.54) is 6.21 Å². The number of nitrogens with zero attached hydrogens (tertiary/aromatic N) is 2. The van der Waals surface area contributed by atoms with Crippen LogP contribution in [0.5, 0.6) is 11.5 Å². The van der Waals surface area contributed by atoms with E-state index in [2.05, 4.69) is 20.7 Å². The van der Waals surface area contributed by atoms with E-state index in [1.807, 2.05) is 6.07 Å². The van der Waals surface area contributed by atoms with Crippen molar-refractivity contribution in [2.75, 3.05) is 14.2 Å². The Kier molecular flexibility index (Phi) is 5.73. The fourth-order valence-electron chi connectivity index (χ4n) is 2.36. The maximum absolute atomic E-state index is 12.2. The second-order valence-electron chi connectivity index (χ2n) is 5.48. The number of amides is 1. The van der Waals surface area contributed by atoms with E-state index in [1.54, 1.807) is 56.7 Å². The van der Waals surface area contributed by atoms with Gasteiger partial charge in [0.2, 0.25) is 0 Å². The van der Waals surface area contributed by atoms with Crippen molar-refractivity contribution in [3.63, 3.8) is 0 Å². The Morgan fingerprint density at radius 1 is 1.15 bits per heavy atom. The van der Waals surface area contributed by atoms with E-state index in [4.69, 9.17) is 21.1 Å². The van der Waals surface area contributed by atoms with Crippen LogP contribution in [0, 0.1) is 0 Å². The van der Waals surface area contributed by atoms with E-state index in [-0.39, 0.29) is 5.69 Å². The van der Waals surface area contributed by atoms with Gasteiger partial charge in [-0.15, -0.1) is 0 Å². The molecule has 0 fully saturated rings. The van der Waals surface area contributed by atoms with Gasteiger partial charge in [-0.05, 0) is 35.9 Å². The first-order valence-corrected chi connectivity index (χ1v) is 8.35. The van der Waals surface area contributed by atoms with Crippen molar-refractivity contribution in [2.24, 2.45) is 5.10 Å². The van der Waals surface area contributed by atoms with Crippen LogP contribution < -0.4 is 14.9 Å². The van der Waals surface area contributed by atoms with Crippen LogP contribution in [0.15, 0.2) is 53.6 Å². The second-order valence-corrected chi connectivity index (χ2v) is 5.92. The number of aromatic nitrogens is 2. The van der Waals surface area contributed by atoms with Crippen molar-refractivity contribution in [3.05, 3.63) is 64.8 Å². The molecule has 0 aliphatic heterocycles. The first kappa shape index (κ1) is 18.5. The van der Waals surface area contributed by atoms with E-state index in [0.29, 0.717) is 22.2 Å². The number of hydrazone groups is 1. The molecular weight excluding hydrogens is 368 g/mol. The highest BCUT2D eigenvalue weighted by Gasteiger charge is 2.14. The zero-order valence-corrected chi connectivity index (χ0v) is 15.4. The lowest BCUT2D eigenvalue weighted by molar-refractivity contribution is 0.0950. The van der Waals surface area contributed by atoms with Gasteiger partial charge in [0.05, 0.1) is 26.1 Å². The molecule has 8 heteroatoms. The molecule has 1 heterocycles. The van der Waals surface area contributed by atoms with E-state index in [9.17, 15) is 4.79 Å². The minimum Gasteiger partial charge on any atom is -0.497 e. The number of halogens is 1.